The number of aryl methyl sites for hydroxylation is 2. The molecule has 17 atom stereocenters. The Bertz CT molecular complexity index is 5590. The lowest BCUT2D eigenvalue weighted by molar-refractivity contribution is -0.151. The molecule has 140 heavy (non-hydrogen) atoms. The molecule has 2 aromatic carbocycles. The van der Waals surface area contributed by atoms with E-state index in [2.05, 4.69) is 65.4 Å². The highest BCUT2D eigenvalue weighted by Gasteiger charge is 2.58. The van der Waals surface area contributed by atoms with Crippen LogP contribution in [0.25, 0.3) is 33.5 Å². The molecule has 3 aliphatic rings. The van der Waals surface area contributed by atoms with E-state index in [1.54, 1.807) is 98.7 Å². The molecule has 9 heterocycles. The summed E-state index contributed by atoms with van der Waals surface area (Å²) in [4.78, 5) is 113. The van der Waals surface area contributed by atoms with Crippen LogP contribution in [-0.4, -0.2) is 278 Å². The molecule has 11 N–H and O–H groups in total. The van der Waals surface area contributed by atoms with Gasteiger partial charge in [-0.25, -0.2) is 72.2 Å². The lowest BCUT2D eigenvalue weighted by Gasteiger charge is -2.28. The van der Waals surface area contributed by atoms with Crippen molar-refractivity contribution < 1.29 is 156 Å². The number of ether oxygens (including phenoxy) is 11. The number of amides is 1. The van der Waals surface area contributed by atoms with E-state index in [-0.39, 0.29) is 147 Å². The number of carbonyl (C=O) groups is 6. The summed E-state index contributed by atoms with van der Waals surface area (Å²) in [7, 11) is -10.3. The van der Waals surface area contributed by atoms with Gasteiger partial charge in [0.05, 0.1) is 98.1 Å². The van der Waals surface area contributed by atoms with Gasteiger partial charge < -0.3 is 88.7 Å². The maximum atomic E-state index is 16.1. The first kappa shape index (κ1) is 114. The molecular formula is C87H128F2N17O31P3. The maximum absolute atomic E-state index is 16.1. The predicted molar refractivity (Wildman–Crippen MR) is 493 cm³/mol. The van der Waals surface area contributed by atoms with E-state index in [1.807, 2.05) is 33.8 Å². The van der Waals surface area contributed by atoms with Gasteiger partial charge in [0.15, 0.2) is 71.1 Å². The van der Waals surface area contributed by atoms with Gasteiger partial charge >= 0.3 is 53.1 Å². The molecule has 3 saturated heterocycles. The van der Waals surface area contributed by atoms with Gasteiger partial charge in [-0.15, -0.1) is 0 Å². The van der Waals surface area contributed by atoms with Gasteiger partial charge in [0, 0.05) is 19.5 Å². The first-order valence-corrected chi connectivity index (χ1v) is 49.9. The maximum Gasteiger partial charge on any atom is 0.406 e. The number of esters is 5. The Hall–Kier alpha value is -10.0. The van der Waals surface area contributed by atoms with Gasteiger partial charge in [-0.3, -0.25) is 60.0 Å². The fourth-order valence-electron chi connectivity index (χ4n) is 14.4. The summed E-state index contributed by atoms with van der Waals surface area (Å²) in [5.74, 6) is -2.95. The molecule has 7 unspecified atom stereocenters. The molecular weight excluding hydrogens is 1910 g/mol. The minimum Gasteiger partial charge on any atom is -0.479 e. The Morgan fingerprint density at radius 2 is 1.03 bits per heavy atom. The van der Waals surface area contributed by atoms with Crippen molar-refractivity contribution in [2.45, 2.75) is 259 Å². The van der Waals surface area contributed by atoms with Crippen molar-refractivity contribution in [2.24, 2.45) is 11.8 Å². The highest BCUT2D eigenvalue weighted by Crippen LogP contribution is 2.52. The van der Waals surface area contributed by atoms with Crippen molar-refractivity contribution in [1.29, 1.82) is 0 Å². The molecule has 0 aliphatic carbocycles. The number of fused-ring (bicyclic) bond motifs is 3. The highest BCUT2D eigenvalue weighted by atomic mass is 31.2. The number of anilines is 1. The number of benzene rings is 2. The van der Waals surface area contributed by atoms with E-state index in [0.29, 0.717) is 30.2 Å². The van der Waals surface area contributed by atoms with Crippen LogP contribution >= 0.6 is 23.2 Å². The van der Waals surface area contributed by atoms with Crippen molar-refractivity contribution in [1.82, 2.24) is 79.1 Å². The Kier molecular flexibility index (Phi) is 41.6. The summed E-state index contributed by atoms with van der Waals surface area (Å²) in [6.45, 7) is 23.5. The van der Waals surface area contributed by atoms with Gasteiger partial charge in [0.2, 0.25) is 29.5 Å². The second-order valence-corrected chi connectivity index (χ2v) is 39.9. The lowest BCUT2D eigenvalue weighted by Crippen LogP contribution is -2.44. The largest absolute Gasteiger partial charge is 0.479 e. The fourth-order valence-corrected chi connectivity index (χ4v) is 18.7. The number of nitrogen functional groups attached to an aromatic ring is 1. The minimum atomic E-state index is -4.49. The number of aromatic nitrogens is 12. The molecule has 6 aromatic heterocycles. The van der Waals surface area contributed by atoms with Crippen molar-refractivity contribution in [3.8, 4) is 17.6 Å². The van der Waals surface area contributed by atoms with Crippen LogP contribution in [0.4, 0.5) is 14.7 Å². The molecule has 0 spiro atoms. The zero-order chi connectivity index (χ0) is 103. The third-order valence-electron chi connectivity index (χ3n) is 21.3. The van der Waals surface area contributed by atoms with Gasteiger partial charge in [0.1, 0.15) is 84.0 Å². The number of carbonyl (C=O) groups excluding carboxylic acids is 6. The van der Waals surface area contributed by atoms with E-state index in [4.69, 9.17) is 85.0 Å². The molecule has 0 radical (unpaired) electrons. The zero-order valence-corrected chi connectivity index (χ0v) is 83.9. The van der Waals surface area contributed by atoms with Gasteiger partial charge in [0.25, 0.3) is 0 Å². The number of aliphatic hydroxyl groups excluding tert-OH is 3. The second kappa shape index (κ2) is 51.3. The van der Waals surface area contributed by atoms with E-state index in [0.717, 1.165) is 18.1 Å². The Labute approximate surface area is 806 Å². The molecule has 3 fully saturated rings. The van der Waals surface area contributed by atoms with Crippen LogP contribution in [0.15, 0.2) is 73.6 Å². The summed E-state index contributed by atoms with van der Waals surface area (Å²) >= 11 is 0. The van der Waals surface area contributed by atoms with Gasteiger partial charge in [-0.2, -0.15) is 19.9 Å². The molecule has 0 bridgehead atoms. The number of hydrogen-bond acceptors (Lipinski definition) is 41. The Morgan fingerprint density at radius 1 is 0.536 bits per heavy atom. The number of rotatable bonds is 50. The van der Waals surface area contributed by atoms with E-state index < -0.39 is 183 Å². The monoisotopic (exact) mass is 2040 g/mol. The zero-order valence-electron chi connectivity index (χ0n) is 81.2. The summed E-state index contributed by atoms with van der Waals surface area (Å²) in [5, 5.41) is 66.3. The summed E-state index contributed by atoms with van der Waals surface area (Å²) in [6.07, 6.45) is -8.56. The number of nitrogens with one attached hydrogen (secondary N) is 4. The van der Waals surface area contributed by atoms with Crippen LogP contribution in [0.3, 0.4) is 0 Å². The number of halogens is 2. The Balaban J connectivity index is 0.000000235. The molecule has 53 heteroatoms. The number of alkyl halides is 1. The first-order valence-electron chi connectivity index (χ1n) is 45.3. The number of methoxy groups -OCH3 is 2. The van der Waals surface area contributed by atoms with Crippen LogP contribution in [0, 0.1) is 31.5 Å². The molecule has 11 rings (SSSR count). The standard InChI is InChI=1S/C33H48FN6O10P.C28H45FN5O10P.C26H35N6O11P/c1-19(2)15-24(31(43)49-20(3)4)39-51(45,47-14-8-9-26(41)35-16-22-10-12-23(34)13-11-22)48-17-25-28(42)33(6,44)32(50-25)40-18-36-27-29(40)37-21(5)38-30(27)46-7;1-9-39-25-22-24(31-18(7)32-25)34(15-30-22)27-28(8,29)23(36)20(44-27)13-41-45(38,42-14-21(35)43-17(5)6)33-19(12-11-16(3)4)26(37)40-10-2;1-4-39-18(33)10-11-29-44(37,42-14-19(34)40-12-16-8-6-5-7-9-16)41-13-17-21(35)26(2,36)24(43-17)32-15-28-20-22(32)30-25(27)31-23(20)38-3/h10-13,18-20,24-25,28,32,42,44H,8-9,14-17H2,1-7H3,(H,35,41)(H,39,45);15-17,19-20,23,27,36H,9-14H2,1-8H3,(H,33,38);5-9,15,17,21,24,35-36H,4,10-14H2,1-3H3,(H,29,37)(H2,27,30,31)/t24-,25+,28?,32+,33-,51?;19?,20-,23?,27-,28+,45?;17-,21?,24-,26+,44?/m011/s1. The third kappa shape index (κ3) is 31.0. The number of hydrogen-bond donors (Lipinski definition) is 10. The average Bonchev–Trinajstić information content (AvgIpc) is 1.60. The second-order valence-electron chi connectivity index (χ2n) is 34.5. The fraction of sp³-hybridized carbons (Fsp3) is 0.621. The summed E-state index contributed by atoms with van der Waals surface area (Å²) < 4.78 is 168. The van der Waals surface area contributed by atoms with Crippen molar-refractivity contribution in [2.75, 3.05) is 86.0 Å². The number of nitrogens with zero attached hydrogens (tertiary/aromatic N) is 12. The predicted octanol–water partition coefficient (Wildman–Crippen LogP) is 7.91. The van der Waals surface area contributed by atoms with E-state index in [9.17, 15) is 72.4 Å². The van der Waals surface area contributed by atoms with Crippen molar-refractivity contribution >= 4 is 98.4 Å². The van der Waals surface area contributed by atoms with Crippen molar-refractivity contribution in [3.63, 3.8) is 0 Å². The number of imidazole rings is 3. The quantitative estimate of drug-likeness (QED) is 0.00749. The topological polar surface area (TPSA) is 617 Å². The van der Waals surface area contributed by atoms with Gasteiger partial charge in [-0.1, -0.05) is 70.2 Å². The average molecular weight is 2040 g/mol. The van der Waals surface area contributed by atoms with Crippen LogP contribution in [0.5, 0.6) is 17.6 Å². The van der Waals surface area contributed by atoms with Crippen LogP contribution < -0.4 is 40.5 Å². The number of aliphatic hydroxyl groups is 5. The SMILES string of the molecule is CCOC(=O)C(CCC(C)C)NP(=O)(OCC(=O)OC(C)C)OC[C@H]1O[C@@H](n2cnc3c(OCC)nc(C)nc32)[C@@](C)(F)C1O.CCOC(=O)CCNP(=O)(OCC(=O)OCc1ccccc1)OC[C@H]1O[C@@H](n2cnc3c(OC)nc(N)nc32)[C@@](C)(O)C1O.COc1nc(C)nc2c1ncn2[C@@H]1O[C@H](COP(=O)(N[C@@H](CC(C)C)C(=O)OC(C)C)OCCCC(=O)NCc2ccc(F)cc2)C(O)[C@]1(C)O. The molecule has 8 aromatic rings. The highest BCUT2D eigenvalue weighted by molar-refractivity contribution is 7.52. The lowest BCUT2D eigenvalue weighted by atomic mass is 9.96. The Morgan fingerprint density at radius 3 is 1.56 bits per heavy atom. The molecule has 776 valence electrons. The first-order chi connectivity index (χ1) is 66.1. The number of nitrogens with two attached hydrogens (primary N) is 1. The van der Waals surface area contributed by atoms with Crippen LogP contribution in [-0.2, 0) is 121 Å². The van der Waals surface area contributed by atoms with Crippen LogP contribution in [0.1, 0.15) is 177 Å². The van der Waals surface area contributed by atoms with Crippen molar-refractivity contribution in [3.05, 3.63) is 102 Å². The van der Waals surface area contributed by atoms with Crippen LogP contribution in [0.2, 0.25) is 0 Å². The van der Waals surface area contributed by atoms with E-state index >= 15 is 4.39 Å². The molecule has 0 saturated carbocycles. The molecule has 48 nitrogen and oxygen atoms in total. The smallest absolute Gasteiger partial charge is 0.406 e. The molecule has 3 aliphatic heterocycles. The summed E-state index contributed by atoms with van der Waals surface area (Å²) in [6, 6.07) is 12.4. The third-order valence-corrected chi connectivity index (χ3v) is 26.1. The summed E-state index contributed by atoms with van der Waals surface area (Å²) in [5.41, 5.74) is 2.53. The van der Waals surface area contributed by atoms with E-state index in [1.165, 1.54) is 72.9 Å². The minimum absolute atomic E-state index is 0.00762. The molecule has 1 amide bonds. The normalized spacial score (nSPS) is 23.0. The van der Waals surface area contributed by atoms with Gasteiger partial charge in [-0.05, 0) is 144 Å².